The zero-order chi connectivity index (χ0) is 16.7. The summed E-state index contributed by atoms with van der Waals surface area (Å²) < 4.78 is 5.08. The average Bonchev–Trinajstić information content (AvgIpc) is 2.55. The van der Waals surface area contributed by atoms with E-state index in [2.05, 4.69) is 27.4 Å². The van der Waals surface area contributed by atoms with E-state index >= 15 is 0 Å². The number of methoxy groups -OCH3 is 1. The summed E-state index contributed by atoms with van der Waals surface area (Å²) in [5, 5.41) is 0. The molecule has 0 saturated carbocycles. The fourth-order valence-corrected chi connectivity index (χ4v) is 6.80. The van der Waals surface area contributed by atoms with Gasteiger partial charge in [-0.05, 0) is 25.7 Å². The Morgan fingerprint density at radius 3 is 1.77 bits per heavy atom. The summed E-state index contributed by atoms with van der Waals surface area (Å²) in [4.78, 5) is 0. The van der Waals surface area contributed by atoms with Gasteiger partial charge < -0.3 is 4.74 Å². The van der Waals surface area contributed by atoms with Crippen molar-refractivity contribution in [2.45, 2.75) is 103 Å². The van der Waals surface area contributed by atoms with Crippen LogP contribution in [-0.2, 0) is 4.74 Å². The van der Waals surface area contributed by atoms with Crippen molar-refractivity contribution in [3.05, 3.63) is 12.2 Å². The molecule has 22 heavy (non-hydrogen) atoms. The zero-order valence-corrected chi connectivity index (χ0v) is 17.0. The van der Waals surface area contributed by atoms with E-state index in [-0.39, 0.29) is 0 Å². The van der Waals surface area contributed by atoms with Crippen molar-refractivity contribution in [3.63, 3.8) is 0 Å². The molecule has 0 bridgehead atoms. The smallest absolute Gasteiger partial charge is 0.0530 e. The molecule has 0 atom stereocenters. The Labute approximate surface area is 141 Å². The van der Waals surface area contributed by atoms with Gasteiger partial charge in [0.15, 0.2) is 0 Å². The molecule has 0 aliphatic rings. The molecule has 2 heteroatoms. The minimum absolute atomic E-state index is 0.928. The molecule has 0 spiro atoms. The molecule has 132 valence electrons. The molecule has 0 aliphatic heterocycles. The Morgan fingerprint density at radius 2 is 1.27 bits per heavy atom. The maximum Gasteiger partial charge on any atom is 0.0530 e. The van der Waals surface area contributed by atoms with Crippen molar-refractivity contribution in [2.24, 2.45) is 0 Å². The van der Waals surface area contributed by atoms with Gasteiger partial charge in [-0.1, -0.05) is 89.2 Å². The van der Waals surface area contributed by atoms with Crippen LogP contribution in [-0.4, -0.2) is 21.8 Å². The maximum atomic E-state index is 5.08. The van der Waals surface area contributed by atoms with Gasteiger partial charge in [-0.3, -0.25) is 0 Å². The van der Waals surface area contributed by atoms with Crippen molar-refractivity contribution < 1.29 is 4.74 Å². The largest absolute Gasteiger partial charge is 0.385 e. The van der Waals surface area contributed by atoms with Crippen LogP contribution in [0.15, 0.2) is 12.2 Å². The summed E-state index contributed by atoms with van der Waals surface area (Å²) in [6.07, 6.45) is 12.1. The molecule has 0 aromatic carbocycles. The lowest BCUT2D eigenvalue weighted by atomic mass is 10.0. The van der Waals surface area contributed by atoms with Gasteiger partial charge in [-0.25, -0.2) is 0 Å². The second-order valence-corrected chi connectivity index (χ2v) is 12.6. The predicted octanol–water partition coefficient (Wildman–Crippen LogP) is 7.21. The minimum Gasteiger partial charge on any atom is -0.385 e. The molecule has 0 aromatic rings. The van der Waals surface area contributed by atoms with E-state index in [1.807, 2.05) is 0 Å². The lowest BCUT2D eigenvalue weighted by Crippen LogP contribution is -2.30. The predicted molar refractivity (Wildman–Crippen MR) is 105 cm³/mol. The van der Waals surface area contributed by atoms with Gasteiger partial charge in [0.05, 0.1) is 8.07 Å². The maximum absolute atomic E-state index is 5.08. The molecule has 0 unspecified atom stereocenters. The van der Waals surface area contributed by atoms with Crippen molar-refractivity contribution in [1.29, 1.82) is 0 Å². The standard InChI is InChI=1S/C20H42OSi/c1-6-22(7-2,8-3)19-17-20(4)16-14-12-10-9-11-13-15-18-21-5/h4,6-19H2,1-3,5H3. The first kappa shape index (κ1) is 21.9. The normalized spacial score (nSPS) is 11.8. The van der Waals surface area contributed by atoms with Gasteiger partial charge in [0.1, 0.15) is 0 Å². The fourth-order valence-electron chi connectivity index (χ4n) is 3.35. The van der Waals surface area contributed by atoms with Crippen molar-refractivity contribution in [2.75, 3.05) is 13.7 Å². The van der Waals surface area contributed by atoms with E-state index in [1.165, 1.54) is 87.5 Å². The van der Waals surface area contributed by atoms with Gasteiger partial charge in [-0.15, -0.1) is 0 Å². The molecular weight excluding hydrogens is 284 g/mol. The van der Waals surface area contributed by atoms with Crippen LogP contribution in [0.25, 0.3) is 0 Å². The van der Waals surface area contributed by atoms with Crippen LogP contribution < -0.4 is 0 Å². The topological polar surface area (TPSA) is 9.23 Å². The van der Waals surface area contributed by atoms with Crippen molar-refractivity contribution in [3.8, 4) is 0 Å². The van der Waals surface area contributed by atoms with Gasteiger partial charge in [0.2, 0.25) is 0 Å². The quantitative estimate of drug-likeness (QED) is 0.165. The van der Waals surface area contributed by atoms with Gasteiger partial charge >= 0.3 is 0 Å². The molecule has 1 nitrogen and oxygen atoms in total. The van der Waals surface area contributed by atoms with E-state index in [9.17, 15) is 0 Å². The molecule has 0 radical (unpaired) electrons. The number of ether oxygens (including phenoxy) is 1. The third-order valence-corrected chi connectivity index (χ3v) is 11.4. The summed E-state index contributed by atoms with van der Waals surface area (Å²) in [6.45, 7) is 12.5. The lowest BCUT2D eigenvalue weighted by Gasteiger charge is -2.28. The highest BCUT2D eigenvalue weighted by Gasteiger charge is 2.25. The minimum atomic E-state index is -0.928. The number of allylic oxidation sites excluding steroid dienone is 1. The number of hydrogen-bond acceptors (Lipinski definition) is 1. The summed E-state index contributed by atoms with van der Waals surface area (Å²) in [7, 11) is 0.865. The van der Waals surface area contributed by atoms with E-state index in [1.54, 1.807) is 7.11 Å². The molecule has 0 aromatic heterocycles. The number of hydrogen-bond donors (Lipinski definition) is 0. The van der Waals surface area contributed by atoms with Crippen LogP contribution in [0.4, 0.5) is 0 Å². The third-order valence-electron chi connectivity index (χ3n) is 5.64. The summed E-state index contributed by atoms with van der Waals surface area (Å²) in [5.74, 6) is 0. The molecule has 0 fully saturated rings. The first-order chi connectivity index (χ1) is 10.6. The number of unbranched alkanes of at least 4 members (excludes halogenated alkanes) is 6. The molecule has 0 N–H and O–H groups in total. The molecular formula is C20H42OSi. The monoisotopic (exact) mass is 326 g/mol. The van der Waals surface area contributed by atoms with E-state index in [0.717, 1.165) is 6.61 Å². The van der Waals surface area contributed by atoms with Gasteiger partial charge in [0, 0.05) is 13.7 Å². The van der Waals surface area contributed by atoms with Gasteiger partial charge in [-0.2, -0.15) is 0 Å². The van der Waals surface area contributed by atoms with E-state index in [0.29, 0.717) is 0 Å². The van der Waals surface area contributed by atoms with Crippen LogP contribution in [0.1, 0.15) is 78.6 Å². The Morgan fingerprint density at radius 1 is 0.773 bits per heavy atom. The Kier molecular flexibility index (Phi) is 14.5. The highest BCUT2D eigenvalue weighted by molar-refractivity contribution is 6.79. The Bertz CT molecular complexity index is 250. The second-order valence-electron chi connectivity index (χ2n) is 7.03. The van der Waals surface area contributed by atoms with Gasteiger partial charge in [0.25, 0.3) is 0 Å². The highest BCUT2D eigenvalue weighted by Crippen LogP contribution is 2.29. The average molecular weight is 327 g/mol. The number of rotatable bonds is 16. The summed E-state index contributed by atoms with van der Waals surface area (Å²) >= 11 is 0. The van der Waals surface area contributed by atoms with E-state index in [4.69, 9.17) is 4.74 Å². The Balaban J connectivity index is 3.54. The molecule has 0 amide bonds. The molecule has 0 rings (SSSR count). The first-order valence-corrected chi connectivity index (χ1v) is 12.6. The Hall–Kier alpha value is -0.0831. The van der Waals surface area contributed by atoms with Crippen LogP contribution in [0.2, 0.25) is 24.2 Å². The molecule has 0 heterocycles. The third kappa shape index (κ3) is 10.6. The fraction of sp³-hybridized carbons (Fsp3) is 0.900. The zero-order valence-electron chi connectivity index (χ0n) is 16.0. The highest BCUT2D eigenvalue weighted by atomic mass is 28.3. The lowest BCUT2D eigenvalue weighted by molar-refractivity contribution is 0.192. The summed E-state index contributed by atoms with van der Waals surface area (Å²) in [5.41, 5.74) is 1.52. The van der Waals surface area contributed by atoms with Crippen LogP contribution in [0, 0.1) is 0 Å². The van der Waals surface area contributed by atoms with Crippen molar-refractivity contribution >= 4 is 8.07 Å². The van der Waals surface area contributed by atoms with Crippen molar-refractivity contribution in [1.82, 2.24) is 0 Å². The molecule has 0 aliphatic carbocycles. The summed E-state index contributed by atoms with van der Waals surface area (Å²) in [6, 6.07) is 5.85. The van der Waals surface area contributed by atoms with E-state index < -0.39 is 8.07 Å². The molecule has 0 saturated heterocycles. The SMILES string of the molecule is C=C(CCCCCCCCCOC)CC[Si](CC)(CC)CC. The second kappa shape index (κ2) is 14.5. The van der Waals surface area contributed by atoms with Crippen LogP contribution >= 0.6 is 0 Å². The van der Waals surface area contributed by atoms with Crippen LogP contribution in [0.5, 0.6) is 0 Å². The van der Waals surface area contributed by atoms with Crippen LogP contribution in [0.3, 0.4) is 0 Å². The first-order valence-electron chi connectivity index (χ1n) is 9.79.